The summed E-state index contributed by atoms with van der Waals surface area (Å²) in [5.74, 6) is -0.0374. The van der Waals surface area contributed by atoms with E-state index in [0.717, 1.165) is 17.6 Å². The summed E-state index contributed by atoms with van der Waals surface area (Å²) in [6.45, 7) is 3.49. The number of ether oxygens (including phenoxy) is 1. The van der Waals surface area contributed by atoms with E-state index in [1.165, 1.54) is 19.4 Å². The fraction of sp³-hybridized carbons (Fsp3) is 0.533. The average Bonchev–Trinajstić information content (AvgIpc) is 2.93. The van der Waals surface area contributed by atoms with Gasteiger partial charge in [0.2, 0.25) is 0 Å². The van der Waals surface area contributed by atoms with Crippen molar-refractivity contribution in [3.63, 3.8) is 0 Å². The molecule has 2 heterocycles. The molecule has 2 saturated heterocycles. The van der Waals surface area contributed by atoms with Gasteiger partial charge in [0.05, 0.1) is 12.7 Å². The van der Waals surface area contributed by atoms with E-state index in [4.69, 9.17) is 4.74 Å². The van der Waals surface area contributed by atoms with Crippen molar-refractivity contribution in [2.24, 2.45) is 0 Å². The zero-order chi connectivity index (χ0) is 13.9. The molecule has 2 aliphatic rings. The molecule has 0 saturated carbocycles. The molecule has 1 amide bonds. The Hall–Kier alpha value is -0.910. The Labute approximate surface area is 127 Å². The van der Waals surface area contributed by atoms with Gasteiger partial charge >= 0.3 is 0 Å². The average molecular weight is 339 g/mol. The SMILES string of the molecule is O=C(NC[C@@H]1CN2CCC[C@H]2CO1)c1ccc(Br)cc1. The van der Waals surface area contributed by atoms with Crippen LogP contribution >= 0.6 is 15.9 Å². The second-order valence-electron chi connectivity index (χ2n) is 5.46. The molecule has 108 valence electrons. The summed E-state index contributed by atoms with van der Waals surface area (Å²) < 4.78 is 6.81. The first-order valence-corrected chi connectivity index (χ1v) is 7.91. The lowest BCUT2D eigenvalue weighted by Gasteiger charge is -2.35. The number of benzene rings is 1. The number of nitrogens with zero attached hydrogens (tertiary/aromatic N) is 1. The zero-order valence-electron chi connectivity index (χ0n) is 11.3. The molecule has 20 heavy (non-hydrogen) atoms. The molecule has 0 unspecified atom stereocenters. The van der Waals surface area contributed by atoms with Crippen LogP contribution in [0.25, 0.3) is 0 Å². The second kappa shape index (κ2) is 6.24. The predicted molar refractivity (Wildman–Crippen MR) is 80.8 cm³/mol. The van der Waals surface area contributed by atoms with Crippen LogP contribution in [0.15, 0.2) is 28.7 Å². The van der Waals surface area contributed by atoms with Crippen molar-refractivity contribution in [3.05, 3.63) is 34.3 Å². The number of carbonyl (C=O) groups is 1. The molecule has 1 aromatic rings. The van der Waals surface area contributed by atoms with Crippen LogP contribution in [0.5, 0.6) is 0 Å². The minimum atomic E-state index is -0.0374. The molecular formula is C15H19BrN2O2. The maximum absolute atomic E-state index is 12.0. The summed E-state index contributed by atoms with van der Waals surface area (Å²) in [4.78, 5) is 14.5. The Morgan fingerprint density at radius 1 is 1.40 bits per heavy atom. The van der Waals surface area contributed by atoms with Crippen molar-refractivity contribution in [1.29, 1.82) is 0 Å². The number of hydrogen-bond donors (Lipinski definition) is 1. The van der Waals surface area contributed by atoms with Crippen molar-refractivity contribution in [2.75, 3.05) is 26.2 Å². The van der Waals surface area contributed by atoms with Gasteiger partial charge in [-0.3, -0.25) is 9.69 Å². The Bertz CT molecular complexity index is 477. The maximum atomic E-state index is 12.0. The highest BCUT2D eigenvalue weighted by atomic mass is 79.9. The number of nitrogens with one attached hydrogen (secondary N) is 1. The van der Waals surface area contributed by atoms with Gasteiger partial charge in [-0.1, -0.05) is 15.9 Å². The first kappa shape index (κ1) is 14.0. The number of fused-ring (bicyclic) bond motifs is 1. The van der Waals surface area contributed by atoms with E-state index in [1.54, 1.807) is 0 Å². The lowest BCUT2D eigenvalue weighted by Crippen LogP contribution is -2.50. The second-order valence-corrected chi connectivity index (χ2v) is 6.38. The molecule has 0 bridgehead atoms. The fourth-order valence-electron chi connectivity index (χ4n) is 2.92. The minimum Gasteiger partial charge on any atom is -0.373 e. The smallest absolute Gasteiger partial charge is 0.251 e. The number of hydrogen-bond acceptors (Lipinski definition) is 3. The van der Waals surface area contributed by atoms with E-state index in [2.05, 4.69) is 26.1 Å². The minimum absolute atomic E-state index is 0.0374. The standard InChI is InChI=1S/C15H19BrN2O2/c16-12-5-3-11(4-6-12)15(19)17-8-14-9-18-7-1-2-13(18)10-20-14/h3-6,13-14H,1-2,7-10H2,(H,17,19)/t13-,14+/m0/s1. The van der Waals surface area contributed by atoms with E-state index >= 15 is 0 Å². The van der Waals surface area contributed by atoms with Crippen LogP contribution in [-0.2, 0) is 4.74 Å². The molecular weight excluding hydrogens is 320 g/mol. The molecule has 0 aliphatic carbocycles. The molecule has 1 N–H and O–H groups in total. The third-order valence-corrected chi connectivity index (χ3v) is 4.59. The molecule has 0 aromatic heterocycles. The van der Waals surface area contributed by atoms with Gasteiger partial charge in [0, 0.05) is 29.2 Å². The zero-order valence-corrected chi connectivity index (χ0v) is 12.9. The Morgan fingerprint density at radius 2 is 2.20 bits per heavy atom. The topological polar surface area (TPSA) is 41.6 Å². The van der Waals surface area contributed by atoms with Crippen molar-refractivity contribution >= 4 is 21.8 Å². The molecule has 3 rings (SSSR count). The van der Waals surface area contributed by atoms with Gasteiger partial charge in [0.1, 0.15) is 0 Å². The van der Waals surface area contributed by atoms with Crippen LogP contribution in [0.1, 0.15) is 23.2 Å². The molecule has 2 atom stereocenters. The monoisotopic (exact) mass is 338 g/mol. The fourth-order valence-corrected chi connectivity index (χ4v) is 3.18. The normalized spacial score (nSPS) is 26.2. The van der Waals surface area contributed by atoms with Crippen LogP contribution in [0.3, 0.4) is 0 Å². The lowest BCUT2D eigenvalue weighted by atomic mass is 10.2. The Balaban J connectivity index is 1.49. The van der Waals surface area contributed by atoms with E-state index in [9.17, 15) is 4.79 Å². The number of halogens is 1. The summed E-state index contributed by atoms with van der Waals surface area (Å²) in [7, 11) is 0. The van der Waals surface area contributed by atoms with Gasteiger partial charge in [0.15, 0.2) is 0 Å². The summed E-state index contributed by atoms with van der Waals surface area (Å²) in [6.07, 6.45) is 2.63. The van der Waals surface area contributed by atoms with Gasteiger partial charge in [0.25, 0.3) is 5.91 Å². The van der Waals surface area contributed by atoms with Gasteiger partial charge in [-0.25, -0.2) is 0 Å². The molecule has 0 spiro atoms. The number of rotatable bonds is 3. The lowest BCUT2D eigenvalue weighted by molar-refractivity contribution is -0.0461. The third kappa shape index (κ3) is 3.22. The largest absolute Gasteiger partial charge is 0.373 e. The van der Waals surface area contributed by atoms with Gasteiger partial charge in [-0.15, -0.1) is 0 Å². The quantitative estimate of drug-likeness (QED) is 0.916. The van der Waals surface area contributed by atoms with E-state index < -0.39 is 0 Å². The summed E-state index contributed by atoms with van der Waals surface area (Å²) in [6, 6.07) is 7.99. The highest BCUT2D eigenvalue weighted by molar-refractivity contribution is 9.10. The Morgan fingerprint density at radius 3 is 3.00 bits per heavy atom. The highest BCUT2D eigenvalue weighted by Gasteiger charge is 2.32. The number of morpholine rings is 1. The highest BCUT2D eigenvalue weighted by Crippen LogP contribution is 2.22. The van der Waals surface area contributed by atoms with Crippen LogP contribution in [0, 0.1) is 0 Å². The van der Waals surface area contributed by atoms with Crippen LogP contribution in [0.2, 0.25) is 0 Å². The predicted octanol–water partition coefficient (Wildman–Crippen LogP) is 2.04. The Kier molecular flexibility index (Phi) is 4.38. The van der Waals surface area contributed by atoms with Crippen molar-refractivity contribution < 1.29 is 9.53 Å². The van der Waals surface area contributed by atoms with Gasteiger partial charge in [-0.05, 0) is 43.7 Å². The molecule has 2 aliphatic heterocycles. The molecule has 1 aromatic carbocycles. The van der Waals surface area contributed by atoms with Crippen molar-refractivity contribution in [1.82, 2.24) is 10.2 Å². The summed E-state index contributed by atoms with van der Waals surface area (Å²) in [5, 5.41) is 2.96. The van der Waals surface area contributed by atoms with Crippen molar-refractivity contribution in [2.45, 2.75) is 25.0 Å². The third-order valence-electron chi connectivity index (χ3n) is 4.06. The number of carbonyl (C=O) groups excluding carboxylic acids is 1. The van der Waals surface area contributed by atoms with Crippen LogP contribution < -0.4 is 5.32 Å². The van der Waals surface area contributed by atoms with E-state index in [0.29, 0.717) is 18.2 Å². The molecule has 2 fully saturated rings. The molecule has 0 radical (unpaired) electrons. The first-order valence-electron chi connectivity index (χ1n) is 7.12. The van der Waals surface area contributed by atoms with E-state index in [-0.39, 0.29) is 12.0 Å². The number of amides is 1. The van der Waals surface area contributed by atoms with Gasteiger partial charge in [-0.2, -0.15) is 0 Å². The van der Waals surface area contributed by atoms with Gasteiger partial charge < -0.3 is 10.1 Å². The van der Waals surface area contributed by atoms with Crippen molar-refractivity contribution in [3.8, 4) is 0 Å². The maximum Gasteiger partial charge on any atom is 0.251 e. The van der Waals surface area contributed by atoms with Crippen LogP contribution in [0.4, 0.5) is 0 Å². The summed E-state index contributed by atoms with van der Waals surface area (Å²) >= 11 is 3.36. The molecule has 4 nitrogen and oxygen atoms in total. The summed E-state index contributed by atoms with van der Waals surface area (Å²) in [5.41, 5.74) is 0.683. The molecule has 5 heteroatoms. The van der Waals surface area contributed by atoms with E-state index in [1.807, 2.05) is 24.3 Å². The van der Waals surface area contributed by atoms with Crippen LogP contribution in [-0.4, -0.2) is 49.2 Å². The first-order chi connectivity index (χ1) is 9.72.